The van der Waals surface area contributed by atoms with E-state index in [0.717, 1.165) is 52.4 Å². The zero-order valence-corrected chi connectivity index (χ0v) is 17.1. The fraction of sp³-hybridized carbons (Fsp3) is 0.286. The molecule has 0 spiro atoms. The third kappa shape index (κ3) is 2.73. The van der Waals surface area contributed by atoms with Crippen molar-refractivity contribution in [3.05, 3.63) is 48.0 Å². The molecule has 0 bridgehead atoms. The molecule has 0 saturated carbocycles. The van der Waals surface area contributed by atoms with E-state index in [0.29, 0.717) is 5.56 Å². The van der Waals surface area contributed by atoms with Crippen LogP contribution in [0.1, 0.15) is 12.5 Å². The molecule has 2 N–H and O–H groups in total. The van der Waals surface area contributed by atoms with E-state index in [1.54, 1.807) is 14.2 Å². The predicted molar refractivity (Wildman–Crippen MR) is 116 cm³/mol. The summed E-state index contributed by atoms with van der Waals surface area (Å²) in [5.74, 6) is 1.55. The number of methoxy groups -OCH3 is 1. The summed E-state index contributed by atoms with van der Waals surface area (Å²) in [7, 11) is 1.55. The normalized spacial score (nSPS) is 21.0. The van der Waals surface area contributed by atoms with Gasteiger partial charge >= 0.3 is 0 Å². The molecule has 7 heteroatoms. The minimum absolute atomic E-state index is 0.675. The minimum Gasteiger partial charge on any atom is -0.497 e. The zero-order valence-electron chi connectivity index (χ0n) is 16.3. The highest BCUT2D eigenvalue weighted by molar-refractivity contribution is 8.29. The van der Waals surface area contributed by atoms with Crippen molar-refractivity contribution in [2.24, 2.45) is 0 Å². The van der Waals surface area contributed by atoms with E-state index < -0.39 is 10.7 Å². The Morgan fingerprint density at radius 3 is 2.54 bits per heavy atom. The first-order valence-corrected chi connectivity index (χ1v) is 11.0. The predicted octanol–water partition coefficient (Wildman–Crippen LogP) is 4.36. The van der Waals surface area contributed by atoms with E-state index in [2.05, 4.69) is 22.3 Å². The van der Waals surface area contributed by atoms with Crippen LogP contribution in [0.4, 0.5) is 5.69 Å². The molecule has 1 aliphatic heterocycles. The molecule has 4 rings (SSSR count). The largest absolute Gasteiger partial charge is 0.497 e. The lowest BCUT2D eigenvalue weighted by atomic mass is 10.1. The van der Waals surface area contributed by atoms with E-state index in [4.69, 9.17) is 4.74 Å². The van der Waals surface area contributed by atoms with Crippen LogP contribution in [0.5, 0.6) is 5.75 Å². The third-order valence-corrected chi connectivity index (χ3v) is 7.93. The van der Waals surface area contributed by atoms with Gasteiger partial charge < -0.3 is 18.2 Å². The fourth-order valence-corrected chi connectivity index (χ4v) is 5.46. The monoisotopic (exact) mass is 396 g/mol. The Kier molecular flexibility index (Phi) is 4.71. The average molecular weight is 397 g/mol. The van der Waals surface area contributed by atoms with Crippen molar-refractivity contribution < 1.29 is 9.29 Å². The van der Waals surface area contributed by atoms with Gasteiger partial charge in [0.25, 0.3) is 0 Å². The highest BCUT2D eigenvalue weighted by Crippen LogP contribution is 2.53. The van der Waals surface area contributed by atoms with Gasteiger partial charge in [-0.2, -0.15) is 5.26 Å². The first kappa shape index (κ1) is 18.7. The van der Waals surface area contributed by atoms with Gasteiger partial charge in [-0.15, -0.1) is 0 Å². The van der Waals surface area contributed by atoms with Crippen LogP contribution in [0.3, 0.4) is 0 Å². The van der Waals surface area contributed by atoms with Crippen LogP contribution in [0.15, 0.2) is 42.5 Å². The number of hydrogen-bond donors (Lipinski definition) is 2. The Labute approximate surface area is 166 Å². The number of fused-ring (bicyclic) bond motifs is 1. The van der Waals surface area contributed by atoms with Gasteiger partial charge in [-0.3, -0.25) is 0 Å². The second-order valence-electron chi connectivity index (χ2n) is 6.69. The van der Waals surface area contributed by atoms with Gasteiger partial charge in [-0.05, 0) is 54.5 Å². The molecule has 6 nitrogen and oxygen atoms in total. The van der Waals surface area contributed by atoms with Crippen molar-refractivity contribution in [3.8, 4) is 23.1 Å². The Morgan fingerprint density at radius 2 is 2.00 bits per heavy atom. The van der Waals surface area contributed by atoms with Crippen molar-refractivity contribution in [2.75, 3.05) is 30.8 Å². The number of benzene rings is 2. The first-order chi connectivity index (χ1) is 13.6. The topological polar surface area (TPSA) is 73.5 Å². The summed E-state index contributed by atoms with van der Waals surface area (Å²) in [5.41, 5.74) is 4.56. The standard InChI is InChI=1S/C21H24N4O2S/c1-4-24-20-13-17(27-3)9-10-18(20)19(14-22)21(24)15-5-7-16(8-6-15)25-11-12-28(25,26)23-2/h5-10,13,23,26H,4,11-12H2,1-3H3. The third-order valence-electron chi connectivity index (χ3n) is 5.40. The van der Waals surface area contributed by atoms with Gasteiger partial charge in [0.2, 0.25) is 0 Å². The number of nitrogens with zero attached hydrogens (tertiary/aromatic N) is 3. The number of aromatic nitrogens is 1. The molecule has 1 saturated heterocycles. The average Bonchev–Trinajstić information content (AvgIpc) is 3.05. The summed E-state index contributed by atoms with van der Waals surface area (Å²) in [6, 6.07) is 16.3. The number of nitrogens with one attached hydrogen (secondary N) is 1. The van der Waals surface area contributed by atoms with E-state index in [-0.39, 0.29) is 0 Å². The molecule has 1 unspecified atom stereocenters. The highest BCUT2D eigenvalue weighted by Gasteiger charge is 2.37. The summed E-state index contributed by atoms with van der Waals surface area (Å²) >= 11 is 0. The van der Waals surface area contributed by atoms with Gasteiger partial charge in [0.1, 0.15) is 11.8 Å². The van der Waals surface area contributed by atoms with Gasteiger partial charge in [-0.25, -0.2) is 4.72 Å². The van der Waals surface area contributed by atoms with E-state index >= 15 is 0 Å². The Balaban J connectivity index is 1.82. The second kappa shape index (κ2) is 7.06. The Bertz CT molecular complexity index is 1070. The molecule has 28 heavy (non-hydrogen) atoms. The van der Waals surface area contributed by atoms with Crippen LogP contribution in [-0.4, -0.2) is 35.6 Å². The van der Waals surface area contributed by atoms with Crippen molar-refractivity contribution in [1.29, 1.82) is 5.26 Å². The van der Waals surface area contributed by atoms with Crippen LogP contribution in [0.2, 0.25) is 0 Å². The zero-order chi connectivity index (χ0) is 19.9. The fourth-order valence-electron chi connectivity index (χ4n) is 3.85. The molecule has 1 aromatic heterocycles. The molecule has 146 valence electrons. The number of aryl methyl sites for hydroxylation is 1. The summed E-state index contributed by atoms with van der Waals surface area (Å²) in [5, 5.41) is 10.8. The molecule has 2 aromatic carbocycles. The molecule has 0 amide bonds. The van der Waals surface area contributed by atoms with Gasteiger partial charge in [0, 0.05) is 36.0 Å². The lowest BCUT2D eigenvalue weighted by molar-refractivity contribution is 0.415. The molecule has 0 radical (unpaired) electrons. The molecule has 0 aliphatic carbocycles. The van der Waals surface area contributed by atoms with Crippen LogP contribution < -0.4 is 13.8 Å². The van der Waals surface area contributed by atoms with E-state index in [1.165, 1.54) is 0 Å². The number of hydrogen-bond acceptors (Lipinski definition) is 5. The van der Waals surface area contributed by atoms with Crippen molar-refractivity contribution in [3.63, 3.8) is 0 Å². The van der Waals surface area contributed by atoms with Crippen LogP contribution in [-0.2, 0) is 6.54 Å². The summed E-state index contributed by atoms with van der Waals surface area (Å²) in [4.78, 5) is 0. The molecule has 3 aromatic rings. The minimum atomic E-state index is -1.89. The lowest BCUT2D eigenvalue weighted by Crippen LogP contribution is -2.49. The summed E-state index contributed by atoms with van der Waals surface area (Å²) in [6.45, 7) is 3.66. The molecule has 1 fully saturated rings. The maximum Gasteiger partial charge on any atom is 0.120 e. The van der Waals surface area contributed by atoms with Crippen LogP contribution >= 0.6 is 10.7 Å². The Hall–Kier alpha value is -2.66. The van der Waals surface area contributed by atoms with Crippen molar-refractivity contribution >= 4 is 27.3 Å². The maximum atomic E-state index is 10.6. The smallest absolute Gasteiger partial charge is 0.120 e. The second-order valence-corrected chi connectivity index (χ2v) is 9.28. The quantitative estimate of drug-likeness (QED) is 0.670. The highest BCUT2D eigenvalue weighted by atomic mass is 32.3. The summed E-state index contributed by atoms with van der Waals surface area (Å²) in [6.07, 6.45) is 0. The van der Waals surface area contributed by atoms with E-state index in [1.807, 2.05) is 46.8 Å². The number of anilines is 1. The first-order valence-electron chi connectivity index (χ1n) is 9.26. The van der Waals surface area contributed by atoms with Gasteiger partial charge in [-0.1, -0.05) is 12.1 Å². The molecular formula is C21H24N4O2S. The molecular weight excluding hydrogens is 372 g/mol. The summed E-state index contributed by atoms with van der Waals surface area (Å²) < 4.78 is 23.2. The number of ether oxygens (including phenoxy) is 1. The molecule has 1 aliphatic rings. The van der Waals surface area contributed by atoms with Gasteiger partial charge in [0.15, 0.2) is 0 Å². The SMILES string of the molecule is CCn1c(-c2ccc(N3CCS3(O)NC)cc2)c(C#N)c2ccc(OC)cc21. The van der Waals surface area contributed by atoms with Crippen molar-refractivity contribution in [1.82, 2.24) is 9.29 Å². The molecule has 1 atom stereocenters. The van der Waals surface area contributed by atoms with Crippen LogP contribution in [0.25, 0.3) is 22.2 Å². The number of rotatable bonds is 5. The maximum absolute atomic E-state index is 10.6. The lowest BCUT2D eigenvalue weighted by Gasteiger charge is -2.53. The number of nitriles is 1. The van der Waals surface area contributed by atoms with E-state index in [9.17, 15) is 9.81 Å². The van der Waals surface area contributed by atoms with Crippen LogP contribution in [0, 0.1) is 11.3 Å². The van der Waals surface area contributed by atoms with Gasteiger partial charge in [0.05, 0.1) is 23.9 Å². The molecule has 2 heterocycles. The Morgan fingerprint density at radius 1 is 1.25 bits per heavy atom. The van der Waals surface area contributed by atoms with Crippen molar-refractivity contribution in [2.45, 2.75) is 13.5 Å².